The second kappa shape index (κ2) is 69.5. The van der Waals surface area contributed by atoms with Crippen LogP contribution in [0.1, 0.15) is 426 Å². The third-order valence-corrected chi connectivity index (χ3v) is 16.0. The predicted octanol–water partition coefficient (Wildman–Crippen LogP) is 24.7. The first-order chi connectivity index (χ1) is 37.4. The van der Waals surface area contributed by atoms with E-state index in [1.54, 1.807) is 0 Å². The van der Waals surface area contributed by atoms with Crippen LogP contribution in [0, 0.1) is 0 Å². The highest BCUT2D eigenvalue weighted by molar-refractivity contribution is 5.71. The van der Waals surface area contributed by atoms with Gasteiger partial charge < -0.3 is 14.6 Å². The van der Waals surface area contributed by atoms with Crippen LogP contribution in [0.25, 0.3) is 0 Å². The number of carbonyl (C=O) groups excluding carboxylic acids is 2. The van der Waals surface area contributed by atoms with Crippen LogP contribution in [-0.4, -0.2) is 29.3 Å². The Kier molecular flexibility index (Phi) is 70.0. The summed E-state index contributed by atoms with van der Waals surface area (Å²) in [7, 11) is 0. The number of carboxylic acids is 1. The molecule has 0 aliphatic rings. The maximum atomic E-state index is 12.8. The number of hydrogen-bond donors (Lipinski definition) is 1. The highest BCUT2D eigenvalue weighted by Crippen LogP contribution is 2.20. The molecule has 0 aliphatic heterocycles. The van der Waals surface area contributed by atoms with Crippen molar-refractivity contribution in [2.75, 3.05) is 0 Å². The number of esters is 2. The van der Waals surface area contributed by atoms with Crippen molar-refractivity contribution in [2.45, 2.75) is 432 Å². The van der Waals surface area contributed by atoms with Gasteiger partial charge in [-0.2, -0.15) is 0 Å². The van der Waals surface area contributed by atoms with Crippen LogP contribution in [0.2, 0.25) is 0 Å². The minimum Gasteiger partial charge on any atom is -0.481 e. The van der Waals surface area contributed by atoms with E-state index in [1.807, 2.05) is 0 Å². The Morgan fingerprint density at radius 1 is 0.237 bits per heavy atom. The van der Waals surface area contributed by atoms with Crippen LogP contribution in [0.4, 0.5) is 0 Å². The summed E-state index contributed by atoms with van der Waals surface area (Å²) in [5, 5.41) is 8.52. The summed E-state index contributed by atoms with van der Waals surface area (Å²) >= 11 is 0. The monoisotopic (exact) mass is 1080 g/mol. The van der Waals surface area contributed by atoms with E-state index >= 15 is 0 Å². The summed E-state index contributed by atoms with van der Waals surface area (Å²) in [5.41, 5.74) is 0. The van der Waals surface area contributed by atoms with E-state index in [2.05, 4.69) is 27.7 Å². The van der Waals surface area contributed by atoms with Gasteiger partial charge in [0.25, 0.3) is 0 Å². The molecule has 0 spiro atoms. The molecular weight excluding hydrogens is 937 g/mol. The molecule has 0 aliphatic carbocycles. The van der Waals surface area contributed by atoms with Crippen molar-refractivity contribution >= 4 is 17.9 Å². The minimum absolute atomic E-state index is 0.195. The molecule has 0 atom stereocenters. The summed E-state index contributed by atoms with van der Waals surface area (Å²) < 4.78 is 11.6. The van der Waals surface area contributed by atoms with E-state index in [0.717, 1.165) is 51.4 Å². The summed E-state index contributed by atoms with van der Waals surface area (Å²) in [5.74, 6) is -1.04. The lowest BCUT2D eigenvalue weighted by atomic mass is 10.0. The molecule has 0 fully saturated rings. The van der Waals surface area contributed by atoms with Crippen LogP contribution in [0.5, 0.6) is 0 Å². The molecule has 0 aromatic carbocycles. The normalized spacial score (nSPS) is 11.3. The van der Waals surface area contributed by atoms with Crippen LogP contribution in [-0.2, 0) is 23.9 Å². The molecule has 6 nitrogen and oxygen atoms in total. The average molecular weight is 1080 g/mol. The van der Waals surface area contributed by atoms with E-state index in [1.165, 1.54) is 321 Å². The molecule has 0 rings (SSSR count). The topological polar surface area (TPSA) is 89.9 Å². The molecule has 0 aromatic heterocycles. The van der Waals surface area contributed by atoms with Gasteiger partial charge in [0.05, 0.1) is 0 Å². The fraction of sp³-hybridized carbons (Fsp3) is 0.957. The molecule has 0 amide bonds. The number of carboxylic acid groups (broad SMARTS) is 1. The maximum Gasteiger partial charge on any atom is 0.308 e. The van der Waals surface area contributed by atoms with Crippen LogP contribution in [0.15, 0.2) is 0 Å². The van der Waals surface area contributed by atoms with Gasteiger partial charge in [0.1, 0.15) is 0 Å². The second-order valence-corrected chi connectivity index (χ2v) is 23.9. The van der Waals surface area contributed by atoms with Gasteiger partial charge in [0, 0.05) is 25.7 Å². The van der Waals surface area contributed by atoms with E-state index in [9.17, 15) is 14.4 Å². The molecule has 0 aromatic rings. The first-order valence-electron chi connectivity index (χ1n) is 35.0. The van der Waals surface area contributed by atoms with Gasteiger partial charge in [0.2, 0.25) is 6.29 Å². The number of aliphatic carboxylic acids is 1. The highest BCUT2D eigenvalue weighted by Gasteiger charge is 2.19. The number of carbonyl (C=O) groups is 3. The standard InChI is InChI=1S/C52H102O4.C18H36O2/c1-4-7-10-13-16-19-22-25-27-30-32-35-38-41-44-47-50(53)55-52(49-46-43-40-37-34-29-24-21-18-15-12-9-6-3)56-51(54)48-45-42-39-36-33-31-28-26-23-20-17-14-11-8-5-2;1-2-3-4-5-6-7-8-9-10-11-12-13-14-15-16-17-18(19)20/h52H,4-49H2,1-3H3;2-17H2,1H3,(H,19,20). The number of unbranched alkanes of at least 4 members (excludes halogenated alkanes) is 54. The Morgan fingerprint density at radius 3 is 0.579 bits per heavy atom. The molecule has 0 saturated heterocycles. The lowest BCUT2D eigenvalue weighted by Gasteiger charge is -2.18. The Labute approximate surface area is 476 Å². The lowest BCUT2D eigenvalue weighted by molar-refractivity contribution is -0.189. The van der Waals surface area contributed by atoms with E-state index < -0.39 is 12.3 Å². The largest absolute Gasteiger partial charge is 0.481 e. The zero-order valence-electron chi connectivity index (χ0n) is 52.4. The number of hydrogen-bond acceptors (Lipinski definition) is 5. The Hall–Kier alpha value is -1.59. The zero-order valence-corrected chi connectivity index (χ0v) is 52.4. The molecule has 0 saturated carbocycles. The molecule has 0 radical (unpaired) electrons. The van der Waals surface area contributed by atoms with Crippen LogP contribution >= 0.6 is 0 Å². The van der Waals surface area contributed by atoms with Crippen molar-refractivity contribution in [3.05, 3.63) is 0 Å². The zero-order chi connectivity index (χ0) is 55.6. The van der Waals surface area contributed by atoms with Gasteiger partial charge in [0.15, 0.2) is 0 Å². The van der Waals surface area contributed by atoms with Crippen molar-refractivity contribution in [3.8, 4) is 0 Å². The van der Waals surface area contributed by atoms with Gasteiger partial charge in [-0.25, -0.2) is 0 Å². The first-order valence-corrected chi connectivity index (χ1v) is 35.0. The third kappa shape index (κ3) is 70.4. The Balaban J connectivity index is 0. The number of rotatable bonds is 64. The van der Waals surface area contributed by atoms with Gasteiger partial charge >= 0.3 is 17.9 Å². The van der Waals surface area contributed by atoms with Gasteiger partial charge in [-0.3, -0.25) is 14.4 Å². The van der Waals surface area contributed by atoms with E-state index in [4.69, 9.17) is 14.6 Å². The maximum absolute atomic E-state index is 12.8. The molecular formula is C70H138O6. The third-order valence-electron chi connectivity index (χ3n) is 16.0. The predicted molar refractivity (Wildman–Crippen MR) is 333 cm³/mol. The summed E-state index contributed by atoms with van der Waals surface area (Å²) in [6.07, 6.45) is 77.2. The van der Waals surface area contributed by atoms with Crippen LogP contribution < -0.4 is 0 Å². The van der Waals surface area contributed by atoms with Crippen molar-refractivity contribution in [1.29, 1.82) is 0 Å². The fourth-order valence-electron chi connectivity index (χ4n) is 10.8. The van der Waals surface area contributed by atoms with Crippen molar-refractivity contribution < 1.29 is 29.0 Å². The lowest BCUT2D eigenvalue weighted by Crippen LogP contribution is -2.24. The Bertz CT molecular complexity index is 1060. The smallest absolute Gasteiger partial charge is 0.308 e. The summed E-state index contributed by atoms with van der Waals surface area (Å²) in [6, 6.07) is 0. The number of ether oxygens (including phenoxy) is 2. The van der Waals surface area contributed by atoms with Gasteiger partial charge in [-0.1, -0.05) is 374 Å². The molecule has 0 heterocycles. The van der Waals surface area contributed by atoms with Crippen LogP contribution in [0.3, 0.4) is 0 Å². The Morgan fingerprint density at radius 2 is 0.395 bits per heavy atom. The SMILES string of the molecule is CCCCCCCCCCCCCCCCCC(=O)O.CCCCCCCCCCCCCCCCCC(=O)OC(CCCCCCCCCCCCCCC)OC(=O)CCCCCCCCCCCCCCCCC. The van der Waals surface area contributed by atoms with Gasteiger partial charge in [-0.15, -0.1) is 0 Å². The van der Waals surface area contributed by atoms with Gasteiger partial charge in [-0.05, 0) is 25.7 Å². The summed E-state index contributed by atoms with van der Waals surface area (Å²) in [4.78, 5) is 35.9. The van der Waals surface area contributed by atoms with E-state index in [0.29, 0.717) is 25.7 Å². The molecule has 6 heteroatoms. The van der Waals surface area contributed by atoms with E-state index in [-0.39, 0.29) is 11.9 Å². The molecule has 76 heavy (non-hydrogen) atoms. The molecule has 1 N–H and O–H groups in total. The minimum atomic E-state index is -0.713. The molecule has 0 bridgehead atoms. The molecule has 454 valence electrons. The van der Waals surface area contributed by atoms with Crippen molar-refractivity contribution in [2.24, 2.45) is 0 Å². The highest BCUT2D eigenvalue weighted by atomic mass is 16.7. The molecule has 0 unspecified atom stereocenters. The van der Waals surface area contributed by atoms with Crippen molar-refractivity contribution in [1.82, 2.24) is 0 Å². The second-order valence-electron chi connectivity index (χ2n) is 23.9. The average Bonchev–Trinajstić information content (AvgIpc) is 3.41. The quantitative estimate of drug-likeness (QED) is 0.0371. The summed E-state index contributed by atoms with van der Waals surface area (Å²) in [6.45, 7) is 9.12. The van der Waals surface area contributed by atoms with Crippen molar-refractivity contribution in [3.63, 3.8) is 0 Å². The fourth-order valence-corrected chi connectivity index (χ4v) is 10.8. The first kappa shape index (κ1) is 76.5.